The Bertz CT molecular complexity index is 229. The van der Waals surface area contributed by atoms with Crippen LogP contribution in [0.2, 0.25) is 0 Å². The fourth-order valence-electron chi connectivity index (χ4n) is 2.07. The monoisotopic (exact) mass is 208 g/mol. The van der Waals surface area contributed by atoms with Crippen LogP contribution in [0.1, 0.15) is 64.8 Å². The minimum absolute atomic E-state index is 0.675. The Hall–Kier alpha value is -0.790. The van der Waals surface area contributed by atoms with Gasteiger partial charge in [-0.05, 0) is 12.8 Å². The third kappa shape index (κ3) is 4.50. The summed E-state index contributed by atoms with van der Waals surface area (Å²) in [6, 6.07) is 0.675. The van der Waals surface area contributed by atoms with Crippen LogP contribution in [-0.4, -0.2) is 9.55 Å². The van der Waals surface area contributed by atoms with Gasteiger partial charge >= 0.3 is 0 Å². The fraction of sp³-hybridized carbons (Fsp3) is 0.769. The average molecular weight is 208 g/mol. The maximum Gasteiger partial charge on any atom is 0.0948 e. The summed E-state index contributed by atoms with van der Waals surface area (Å²) in [4.78, 5) is 4.13. The first-order chi connectivity index (χ1) is 7.38. The molecule has 0 radical (unpaired) electrons. The standard InChI is InChI=1S/C13H24N2/c1-3-5-6-7-9-13(8-4-2)15-11-10-14-12-15/h10-13H,3-9H2,1-2H3. The zero-order chi connectivity index (χ0) is 10.9. The molecule has 0 aromatic carbocycles. The largest absolute Gasteiger partial charge is 0.334 e. The molecule has 0 fully saturated rings. The van der Waals surface area contributed by atoms with E-state index in [0.717, 1.165) is 0 Å². The molecule has 0 amide bonds. The number of imidazole rings is 1. The highest BCUT2D eigenvalue weighted by molar-refractivity contribution is 4.80. The molecule has 1 unspecified atom stereocenters. The van der Waals surface area contributed by atoms with Crippen LogP contribution in [0.4, 0.5) is 0 Å². The molecule has 0 aliphatic heterocycles. The van der Waals surface area contributed by atoms with E-state index in [1.54, 1.807) is 0 Å². The molecule has 0 saturated heterocycles. The van der Waals surface area contributed by atoms with E-state index < -0.39 is 0 Å². The molecular formula is C13H24N2. The summed E-state index contributed by atoms with van der Waals surface area (Å²) in [5.41, 5.74) is 0. The number of rotatable bonds is 8. The summed E-state index contributed by atoms with van der Waals surface area (Å²) in [6.45, 7) is 4.52. The predicted molar refractivity (Wildman–Crippen MR) is 64.9 cm³/mol. The van der Waals surface area contributed by atoms with E-state index in [0.29, 0.717) is 6.04 Å². The molecule has 0 aliphatic carbocycles. The molecular weight excluding hydrogens is 184 g/mol. The summed E-state index contributed by atoms with van der Waals surface area (Å²) in [5.74, 6) is 0. The van der Waals surface area contributed by atoms with Crippen LogP contribution in [0, 0.1) is 0 Å². The number of unbranched alkanes of at least 4 members (excludes halogenated alkanes) is 3. The SMILES string of the molecule is CCCCCCC(CCC)n1ccnc1. The van der Waals surface area contributed by atoms with E-state index in [2.05, 4.69) is 29.6 Å². The van der Waals surface area contributed by atoms with E-state index in [-0.39, 0.29) is 0 Å². The third-order valence-corrected chi connectivity index (χ3v) is 2.96. The van der Waals surface area contributed by atoms with Crippen molar-refractivity contribution < 1.29 is 0 Å². The highest BCUT2D eigenvalue weighted by atomic mass is 15.0. The summed E-state index contributed by atoms with van der Waals surface area (Å²) in [5, 5.41) is 0. The molecule has 0 aliphatic rings. The van der Waals surface area contributed by atoms with Crippen LogP contribution in [0.25, 0.3) is 0 Å². The van der Waals surface area contributed by atoms with Crippen LogP contribution in [-0.2, 0) is 0 Å². The van der Waals surface area contributed by atoms with Crippen molar-refractivity contribution in [2.75, 3.05) is 0 Å². The van der Waals surface area contributed by atoms with Gasteiger partial charge in [0.1, 0.15) is 0 Å². The molecule has 2 nitrogen and oxygen atoms in total. The number of aromatic nitrogens is 2. The van der Waals surface area contributed by atoms with Crippen LogP contribution in [0.15, 0.2) is 18.7 Å². The molecule has 15 heavy (non-hydrogen) atoms. The van der Waals surface area contributed by atoms with Crippen molar-refractivity contribution in [2.24, 2.45) is 0 Å². The van der Waals surface area contributed by atoms with Crippen molar-refractivity contribution >= 4 is 0 Å². The second kappa shape index (κ2) is 7.49. The molecule has 1 aromatic rings. The number of nitrogens with zero attached hydrogens (tertiary/aromatic N) is 2. The van der Waals surface area contributed by atoms with Gasteiger partial charge in [-0.1, -0.05) is 46.0 Å². The molecule has 1 rings (SSSR count). The molecule has 0 N–H and O–H groups in total. The quantitative estimate of drug-likeness (QED) is 0.586. The Kier molecular flexibility index (Phi) is 6.14. The average Bonchev–Trinajstić information content (AvgIpc) is 2.76. The maximum atomic E-state index is 4.13. The smallest absolute Gasteiger partial charge is 0.0948 e. The van der Waals surface area contributed by atoms with Crippen LogP contribution in [0.5, 0.6) is 0 Å². The molecule has 1 heterocycles. The van der Waals surface area contributed by atoms with E-state index in [4.69, 9.17) is 0 Å². The summed E-state index contributed by atoms with van der Waals surface area (Å²) < 4.78 is 2.27. The Balaban J connectivity index is 2.31. The van der Waals surface area contributed by atoms with Gasteiger partial charge in [-0.2, -0.15) is 0 Å². The molecule has 0 spiro atoms. The molecule has 86 valence electrons. The van der Waals surface area contributed by atoms with Gasteiger partial charge in [-0.3, -0.25) is 0 Å². The highest BCUT2D eigenvalue weighted by Crippen LogP contribution is 2.21. The van der Waals surface area contributed by atoms with Gasteiger partial charge in [-0.15, -0.1) is 0 Å². The minimum atomic E-state index is 0.675. The Morgan fingerprint density at radius 3 is 2.53 bits per heavy atom. The second-order valence-electron chi connectivity index (χ2n) is 4.30. The first-order valence-corrected chi connectivity index (χ1v) is 6.36. The van der Waals surface area contributed by atoms with Crippen LogP contribution < -0.4 is 0 Å². The maximum absolute atomic E-state index is 4.13. The first kappa shape index (κ1) is 12.3. The lowest BCUT2D eigenvalue weighted by Gasteiger charge is -2.17. The van der Waals surface area contributed by atoms with E-state index in [1.165, 1.54) is 44.9 Å². The van der Waals surface area contributed by atoms with Gasteiger partial charge < -0.3 is 4.57 Å². The van der Waals surface area contributed by atoms with Gasteiger partial charge in [0.25, 0.3) is 0 Å². The van der Waals surface area contributed by atoms with Gasteiger partial charge in [0.05, 0.1) is 6.33 Å². The zero-order valence-corrected chi connectivity index (χ0v) is 10.2. The van der Waals surface area contributed by atoms with Crippen molar-refractivity contribution in [3.05, 3.63) is 18.7 Å². The molecule has 0 bridgehead atoms. The Morgan fingerprint density at radius 1 is 1.07 bits per heavy atom. The van der Waals surface area contributed by atoms with Crippen molar-refractivity contribution in [3.63, 3.8) is 0 Å². The van der Waals surface area contributed by atoms with Crippen LogP contribution in [0.3, 0.4) is 0 Å². The van der Waals surface area contributed by atoms with Gasteiger partial charge in [0.2, 0.25) is 0 Å². The molecule has 2 heteroatoms. The van der Waals surface area contributed by atoms with Gasteiger partial charge in [0.15, 0.2) is 0 Å². The van der Waals surface area contributed by atoms with Gasteiger partial charge in [0, 0.05) is 18.4 Å². The minimum Gasteiger partial charge on any atom is -0.334 e. The van der Waals surface area contributed by atoms with Crippen molar-refractivity contribution in [3.8, 4) is 0 Å². The van der Waals surface area contributed by atoms with Crippen molar-refractivity contribution in [1.82, 2.24) is 9.55 Å². The van der Waals surface area contributed by atoms with Crippen molar-refractivity contribution in [2.45, 2.75) is 64.8 Å². The molecule has 1 aromatic heterocycles. The first-order valence-electron chi connectivity index (χ1n) is 6.36. The third-order valence-electron chi connectivity index (χ3n) is 2.96. The van der Waals surface area contributed by atoms with E-state index >= 15 is 0 Å². The normalized spacial score (nSPS) is 12.9. The zero-order valence-electron chi connectivity index (χ0n) is 10.2. The fourth-order valence-corrected chi connectivity index (χ4v) is 2.07. The lowest BCUT2D eigenvalue weighted by molar-refractivity contribution is 0.410. The highest BCUT2D eigenvalue weighted by Gasteiger charge is 2.08. The molecule has 0 saturated carbocycles. The molecule has 1 atom stereocenters. The van der Waals surface area contributed by atoms with E-state index in [9.17, 15) is 0 Å². The Morgan fingerprint density at radius 2 is 1.93 bits per heavy atom. The summed E-state index contributed by atoms with van der Waals surface area (Å²) >= 11 is 0. The summed E-state index contributed by atoms with van der Waals surface area (Å²) in [7, 11) is 0. The second-order valence-corrected chi connectivity index (χ2v) is 4.30. The van der Waals surface area contributed by atoms with Crippen LogP contribution >= 0.6 is 0 Å². The predicted octanol–water partition coefficient (Wildman–Crippen LogP) is 4.19. The number of hydrogen-bond donors (Lipinski definition) is 0. The van der Waals surface area contributed by atoms with Gasteiger partial charge in [-0.25, -0.2) is 4.98 Å². The topological polar surface area (TPSA) is 17.8 Å². The van der Waals surface area contributed by atoms with E-state index in [1.807, 2.05) is 12.5 Å². The van der Waals surface area contributed by atoms with Crippen molar-refractivity contribution in [1.29, 1.82) is 0 Å². The Labute approximate surface area is 93.7 Å². The number of hydrogen-bond acceptors (Lipinski definition) is 1. The lowest BCUT2D eigenvalue weighted by Crippen LogP contribution is -2.06. The lowest BCUT2D eigenvalue weighted by atomic mass is 10.0. The summed E-state index contributed by atoms with van der Waals surface area (Å²) in [6.07, 6.45) is 15.2.